The smallest absolute Gasteiger partial charge is 0.262 e. The highest BCUT2D eigenvalue weighted by molar-refractivity contribution is 7.13. The molecule has 1 aliphatic rings. The first-order chi connectivity index (χ1) is 10.5. The fourth-order valence-corrected chi connectivity index (χ4v) is 2.99. The number of rotatable bonds is 3. The Morgan fingerprint density at radius 3 is 2.32 bits per heavy atom. The van der Waals surface area contributed by atoms with E-state index in [1.165, 1.54) is 18.3 Å². The number of aromatic nitrogens is 1. The zero-order valence-electron chi connectivity index (χ0n) is 12.0. The van der Waals surface area contributed by atoms with Gasteiger partial charge in [-0.3, -0.25) is 19.3 Å². The van der Waals surface area contributed by atoms with Crippen molar-refractivity contribution in [1.29, 1.82) is 0 Å². The molecule has 1 aromatic heterocycles. The Balaban J connectivity index is 1.81. The number of hydrogen-bond donors (Lipinski definition) is 1. The fourth-order valence-electron chi connectivity index (χ4n) is 2.30. The van der Waals surface area contributed by atoms with Crippen LogP contribution in [-0.2, 0) is 4.79 Å². The lowest BCUT2D eigenvalue weighted by atomic mass is 10.1. The molecule has 0 unspecified atom stereocenters. The van der Waals surface area contributed by atoms with Crippen LogP contribution in [0.25, 0.3) is 0 Å². The number of carbonyl (C=O) groups is 3. The molecule has 112 valence electrons. The van der Waals surface area contributed by atoms with Gasteiger partial charge in [-0.1, -0.05) is 12.1 Å². The summed E-state index contributed by atoms with van der Waals surface area (Å²) in [6, 6.07) is 5.65. The number of nitrogens with zero attached hydrogens (tertiary/aromatic N) is 2. The van der Waals surface area contributed by atoms with Gasteiger partial charge in [0, 0.05) is 5.38 Å². The van der Waals surface area contributed by atoms with Gasteiger partial charge in [0.15, 0.2) is 5.13 Å². The van der Waals surface area contributed by atoms with E-state index in [-0.39, 0.29) is 0 Å². The van der Waals surface area contributed by atoms with E-state index in [9.17, 15) is 14.4 Å². The highest BCUT2D eigenvalue weighted by Gasteiger charge is 2.40. The molecule has 0 saturated heterocycles. The summed E-state index contributed by atoms with van der Waals surface area (Å²) >= 11 is 1.30. The molecule has 3 rings (SSSR count). The third-order valence-electron chi connectivity index (χ3n) is 3.44. The Bertz CT molecular complexity index is 749. The molecule has 1 aromatic carbocycles. The van der Waals surface area contributed by atoms with Crippen LogP contribution in [0.1, 0.15) is 33.3 Å². The van der Waals surface area contributed by atoms with Gasteiger partial charge in [0.2, 0.25) is 5.91 Å². The lowest BCUT2D eigenvalue weighted by Crippen LogP contribution is -2.45. The zero-order chi connectivity index (χ0) is 15.9. The van der Waals surface area contributed by atoms with Crippen LogP contribution in [0.5, 0.6) is 0 Å². The fraction of sp³-hybridized carbons (Fsp3) is 0.200. The molecule has 7 heteroatoms. The number of hydrogen-bond acceptors (Lipinski definition) is 5. The maximum atomic E-state index is 12.3. The summed E-state index contributed by atoms with van der Waals surface area (Å²) < 4.78 is 0. The lowest BCUT2D eigenvalue weighted by molar-refractivity contribution is -0.119. The number of fused-ring (bicyclic) bond motifs is 1. The van der Waals surface area contributed by atoms with Crippen molar-refractivity contribution < 1.29 is 14.4 Å². The van der Waals surface area contributed by atoms with E-state index in [1.54, 1.807) is 24.3 Å². The second-order valence-electron chi connectivity index (χ2n) is 4.99. The standard InChI is InChI=1S/C15H13N3O3S/c1-8-7-22-15(16-8)17-12(19)9(2)18-13(20)10-5-3-4-6-11(10)14(18)21/h3-7,9H,1-2H3,(H,16,17,19)/t9-/m0/s1. The molecular weight excluding hydrogens is 302 g/mol. The number of anilines is 1. The average Bonchev–Trinajstić information content (AvgIpc) is 3.01. The minimum atomic E-state index is -0.906. The predicted molar refractivity (Wildman–Crippen MR) is 81.9 cm³/mol. The molecule has 3 amide bonds. The van der Waals surface area contributed by atoms with Crippen LogP contribution in [0.2, 0.25) is 0 Å². The minimum absolute atomic E-state index is 0.331. The van der Waals surface area contributed by atoms with Crippen molar-refractivity contribution in [2.75, 3.05) is 5.32 Å². The number of aryl methyl sites for hydroxylation is 1. The van der Waals surface area contributed by atoms with Crippen molar-refractivity contribution in [3.8, 4) is 0 Å². The minimum Gasteiger partial charge on any atom is -0.300 e. The molecular formula is C15H13N3O3S. The van der Waals surface area contributed by atoms with E-state index in [1.807, 2.05) is 12.3 Å². The van der Waals surface area contributed by atoms with Crippen LogP contribution in [0.3, 0.4) is 0 Å². The van der Waals surface area contributed by atoms with Crippen molar-refractivity contribution in [2.24, 2.45) is 0 Å². The number of benzene rings is 1. The van der Waals surface area contributed by atoms with E-state index in [0.717, 1.165) is 10.6 Å². The first-order valence-electron chi connectivity index (χ1n) is 6.69. The summed E-state index contributed by atoms with van der Waals surface area (Å²) in [5.41, 5.74) is 1.46. The van der Waals surface area contributed by atoms with Gasteiger partial charge >= 0.3 is 0 Å². The maximum Gasteiger partial charge on any atom is 0.262 e. The average molecular weight is 315 g/mol. The number of thiazole rings is 1. The van der Waals surface area contributed by atoms with Gasteiger partial charge in [0.05, 0.1) is 16.8 Å². The van der Waals surface area contributed by atoms with Crippen molar-refractivity contribution in [3.63, 3.8) is 0 Å². The third kappa shape index (κ3) is 2.29. The summed E-state index contributed by atoms with van der Waals surface area (Å²) in [6.07, 6.45) is 0. The summed E-state index contributed by atoms with van der Waals surface area (Å²) in [7, 11) is 0. The van der Waals surface area contributed by atoms with Crippen molar-refractivity contribution >= 4 is 34.2 Å². The van der Waals surface area contributed by atoms with Gasteiger partial charge in [-0.05, 0) is 26.0 Å². The summed E-state index contributed by atoms with van der Waals surface area (Å²) in [5.74, 6) is -1.33. The molecule has 0 aliphatic carbocycles. The van der Waals surface area contributed by atoms with E-state index >= 15 is 0 Å². The second kappa shape index (κ2) is 5.34. The van der Waals surface area contributed by atoms with Gasteiger partial charge in [0.25, 0.3) is 11.8 Å². The van der Waals surface area contributed by atoms with Gasteiger partial charge in [-0.2, -0.15) is 0 Å². The Kier molecular flexibility index (Phi) is 3.50. The molecule has 1 atom stereocenters. The SMILES string of the molecule is Cc1csc(NC(=O)[C@H](C)N2C(=O)c3ccccc3C2=O)n1. The zero-order valence-corrected chi connectivity index (χ0v) is 12.8. The maximum absolute atomic E-state index is 12.3. The van der Waals surface area contributed by atoms with Crippen LogP contribution in [0, 0.1) is 6.92 Å². The Morgan fingerprint density at radius 1 is 1.23 bits per heavy atom. The highest BCUT2D eigenvalue weighted by atomic mass is 32.1. The Morgan fingerprint density at radius 2 is 1.82 bits per heavy atom. The largest absolute Gasteiger partial charge is 0.300 e. The molecule has 0 spiro atoms. The van der Waals surface area contributed by atoms with Gasteiger partial charge in [0.1, 0.15) is 6.04 Å². The molecule has 0 bridgehead atoms. The molecule has 0 radical (unpaired) electrons. The second-order valence-corrected chi connectivity index (χ2v) is 5.84. The third-order valence-corrected chi connectivity index (χ3v) is 4.32. The van der Waals surface area contributed by atoms with Crippen LogP contribution in [0.4, 0.5) is 5.13 Å². The first kappa shape index (κ1) is 14.4. The highest BCUT2D eigenvalue weighted by Crippen LogP contribution is 2.25. The van der Waals surface area contributed by atoms with E-state index in [4.69, 9.17) is 0 Å². The summed E-state index contributed by atoms with van der Waals surface area (Å²) in [4.78, 5) is 42.0. The predicted octanol–water partition coefficient (Wildman–Crippen LogP) is 2.07. The van der Waals surface area contributed by atoms with Crippen LogP contribution >= 0.6 is 11.3 Å². The quantitative estimate of drug-likeness (QED) is 0.879. The van der Waals surface area contributed by atoms with Crippen LogP contribution in [-0.4, -0.2) is 33.6 Å². The molecule has 1 aliphatic heterocycles. The van der Waals surface area contributed by atoms with Crippen LogP contribution in [0.15, 0.2) is 29.6 Å². The molecule has 0 saturated carbocycles. The number of nitrogens with one attached hydrogen (secondary N) is 1. The first-order valence-corrected chi connectivity index (χ1v) is 7.57. The molecule has 2 aromatic rings. The lowest BCUT2D eigenvalue weighted by Gasteiger charge is -2.21. The molecule has 2 heterocycles. The topological polar surface area (TPSA) is 79.4 Å². The number of amides is 3. The van der Waals surface area contributed by atoms with Crippen molar-refractivity contribution in [2.45, 2.75) is 19.9 Å². The van der Waals surface area contributed by atoms with Crippen LogP contribution < -0.4 is 5.32 Å². The molecule has 6 nitrogen and oxygen atoms in total. The molecule has 0 fully saturated rings. The Hall–Kier alpha value is -2.54. The van der Waals surface area contributed by atoms with Gasteiger partial charge < -0.3 is 5.32 Å². The number of imide groups is 1. The normalized spacial score (nSPS) is 14.9. The summed E-state index contributed by atoms with van der Waals surface area (Å²) in [5, 5.41) is 4.89. The van der Waals surface area contributed by atoms with E-state index in [2.05, 4.69) is 10.3 Å². The monoisotopic (exact) mass is 315 g/mol. The van der Waals surface area contributed by atoms with E-state index in [0.29, 0.717) is 16.3 Å². The van der Waals surface area contributed by atoms with E-state index < -0.39 is 23.8 Å². The van der Waals surface area contributed by atoms with Crippen molar-refractivity contribution in [3.05, 3.63) is 46.5 Å². The summed E-state index contributed by atoms with van der Waals surface area (Å²) in [6.45, 7) is 3.34. The molecule has 22 heavy (non-hydrogen) atoms. The Labute approximate surface area is 130 Å². The van der Waals surface area contributed by atoms with Gasteiger partial charge in [-0.25, -0.2) is 4.98 Å². The van der Waals surface area contributed by atoms with Crippen molar-refractivity contribution in [1.82, 2.24) is 9.88 Å². The molecule has 1 N–H and O–H groups in total. The van der Waals surface area contributed by atoms with Gasteiger partial charge in [-0.15, -0.1) is 11.3 Å². The number of carbonyl (C=O) groups excluding carboxylic acids is 3.